The van der Waals surface area contributed by atoms with Gasteiger partial charge in [-0.25, -0.2) is 0 Å². The fraction of sp³-hybridized carbons (Fsp3) is 0.571. The highest BCUT2D eigenvalue weighted by molar-refractivity contribution is 6.63. The number of aliphatic hydroxyl groups is 1. The molecule has 19 heavy (non-hydrogen) atoms. The summed E-state index contributed by atoms with van der Waals surface area (Å²) in [5.41, 5.74) is 0.125. The maximum absolute atomic E-state index is 10.2. The molecule has 1 heterocycles. The standard InChI is InChI=1S/C14H21BO4/c1-9(16)10-7-6-8-11(12(10)17)15-18-13(2,3)14(4,5)19-15/h6-9,16-17H,1-5H3. The Morgan fingerprint density at radius 2 is 1.63 bits per heavy atom. The van der Waals surface area contributed by atoms with Crippen LogP contribution in [0.4, 0.5) is 0 Å². The van der Waals surface area contributed by atoms with Crippen molar-refractivity contribution in [1.29, 1.82) is 0 Å². The smallest absolute Gasteiger partial charge is 0.498 e. The minimum Gasteiger partial charge on any atom is -0.508 e. The van der Waals surface area contributed by atoms with Gasteiger partial charge in [-0.1, -0.05) is 18.2 Å². The van der Waals surface area contributed by atoms with Crippen LogP contribution in [-0.2, 0) is 9.31 Å². The van der Waals surface area contributed by atoms with E-state index in [1.807, 2.05) is 27.7 Å². The van der Waals surface area contributed by atoms with Crippen molar-refractivity contribution in [2.45, 2.75) is 51.9 Å². The number of hydrogen-bond donors (Lipinski definition) is 2. The van der Waals surface area contributed by atoms with E-state index in [0.717, 1.165) is 0 Å². The SMILES string of the molecule is CC(O)c1cccc(B2OC(C)(C)C(C)(C)O2)c1O. The molecule has 2 rings (SSSR count). The first kappa shape index (κ1) is 14.4. The summed E-state index contributed by atoms with van der Waals surface area (Å²) in [4.78, 5) is 0. The van der Waals surface area contributed by atoms with Gasteiger partial charge >= 0.3 is 7.12 Å². The average molecular weight is 264 g/mol. The third-order valence-corrected chi connectivity index (χ3v) is 4.06. The molecule has 0 amide bonds. The van der Waals surface area contributed by atoms with E-state index in [1.54, 1.807) is 25.1 Å². The number of para-hydroxylation sites is 1. The molecule has 0 spiro atoms. The number of aliphatic hydroxyl groups excluding tert-OH is 1. The maximum Gasteiger partial charge on any atom is 0.498 e. The lowest BCUT2D eigenvalue weighted by Crippen LogP contribution is -2.41. The molecule has 1 aliphatic rings. The molecule has 1 fully saturated rings. The number of aromatic hydroxyl groups is 1. The van der Waals surface area contributed by atoms with Crippen LogP contribution < -0.4 is 5.46 Å². The lowest BCUT2D eigenvalue weighted by Gasteiger charge is -2.32. The second-order valence-corrected chi connectivity index (χ2v) is 6.05. The molecule has 1 aromatic carbocycles. The second-order valence-electron chi connectivity index (χ2n) is 6.05. The van der Waals surface area contributed by atoms with Crippen molar-refractivity contribution in [3.8, 4) is 5.75 Å². The second kappa shape index (κ2) is 4.51. The van der Waals surface area contributed by atoms with Gasteiger partial charge in [0, 0.05) is 11.0 Å². The van der Waals surface area contributed by atoms with Crippen LogP contribution in [0.15, 0.2) is 18.2 Å². The van der Waals surface area contributed by atoms with E-state index in [1.165, 1.54) is 0 Å². The molecule has 0 bridgehead atoms. The quantitative estimate of drug-likeness (QED) is 0.799. The van der Waals surface area contributed by atoms with Crippen molar-refractivity contribution in [3.05, 3.63) is 23.8 Å². The molecule has 1 atom stereocenters. The van der Waals surface area contributed by atoms with Gasteiger partial charge in [0.1, 0.15) is 5.75 Å². The minimum absolute atomic E-state index is 0.0380. The Labute approximate surface area is 114 Å². The molecule has 2 N–H and O–H groups in total. The Morgan fingerprint density at radius 3 is 2.11 bits per heavy atom. The van der Waals surface area contributed by atoms with Crippen molar-refractivity contribution >= 4 is 12.6 Å². The Morgan fingerprint density at radius 1 is 1.11 bits per heavy atom. The first-order valence-corrected chi connectivity index (χ1v) is 6.51. The molecule has 5 heteroatoms. The van der Waals surface area contributed by atoms with Gasteiger partial charge in [-0.15, -0.1) is 0 Å². The Hall–Kier alpha value is -1.04. The van der Waals surface area contributed by atoms with E-state index >= 15 is 0 Å². The van der Waals surface area contributed by atoms with Crippen molar-refractivity contribution in [2.75, 3.05) is 0 Å². The van der Waals surface area contributed by atoms with E-state index in [4.69, 9.17) is 9.31 Å². The van der Waals surface area contributed by atoms with Gasteiger partial charge in [-0.2, -0.15) is 0 Å². The zero-order chi connectivity index (χ0) is 14.4. The van der Waals surface area contributed by atoms with Gasteiger partial charge < -0.3 is 19.5 Å². The van der Waals surface area contributed by atoms with Crippen LogP contribution in [0.3, 0.4) is 0 Å². The van der Waals surface area contributed by atoms with Crippen LogP contribution in [-0.4, -0.2) is 28.5 Å². The third kappa shape index (κ3) is 2.38. The zero-order valence-electron chi connectivity index (χ0n) is 12.1. The van der Waals surface area contributed by atoms with Gasteiger partial charge in [0.15, 0.2) is 0 Å². The zero-order valence-corrected chi connectivity index (χ0v) is 12.1. The number of phenols is 1. The molecule has 1 unspecified atom stereocenters. The molecule has 1 aliphatic heterocycles. The molecule has 104 valence electrons. The van der Waals surface area contributed by atoms with Gasteiger partial charge in [0.2, 0.25) is 0 Å². The Balaban J connectivity index is 2.38. The average Bonchev–Trinajstić information content (AvgIpc) is 2.47. The summed E-state index contributed by atoms with van der Waals surface area (Å²) in [6.07, 6.45) is -0.734. The van der Waals surface area contributed by atoms with Crippen LogP contribution in [0, 0.1) is 0 Å². The Bertz CT molecular complexity index is 466. The molecule has 1 aromatic rings. The minimum atomic E-state index is -0.734. The molecular formula is C14H21BO4. The molecular weight excluding hydrogens is 243 g/mol. The molecule has 0 saturated carbocycles. The summed E-state index contributed by atoms with van der Waals surface area (Å²) < 4.78 is 11.8. The summed E-state index contributed by atoms with van der Waals surface area (Å²) in [5, 5.41) is 19.9. The normalized spacial score (nSPS) is 22.5. The van der Waals surface area contributed by atoms with Crippen molar-refractivity contribution in [3.63, 3.8) is 0 Å². The first-order valence-electron chi connectivity index (χ1n) is 6.51. The highest BCUT2D eigenvalue weighted by Crippen LogP contribution is 2.37. The van der Waals surface area contributed by atoms with Crippen LogP contribution in [0.1, 0.15) is 46.3 Å². The van der Waals surface area contributed by atoms with Crippen molar-refractivity contribution < 1.29 is 19.5 Å². The number of benzene rings is 1. The van der Waals surface area contributed by atoms with Crippen LogP contribution >= 0.6 is 0 Å². The van der Waals surface area contributed by atoms with Crippen LogP contribution in [0.2, 0.25) is 0 Å². The summed E-state index contributed by atoms with van der Waals surface area (Å²) in [5.74, 6) is 0.0380. The molecule has 0 radical (unpaired) electrons. The fourth-order valence-corrected chi connectivity index (χ4v) is 2.08. The monoisotopic (exact) mass is 264 g/mol. The predicted octanol–water partition coefficient (Wildman–Crippen LogP) is 1.74. The lowest BCUT2D eigenvalue weighted by atomic mass is 9.77. The van der Waals surface area contributed by atoms with Gasteiger partial charge in [-0.3, -0.25) is 0 Å². The predicted molar refractivity (Wildman–Crippen MR) is 74.5 cm³/mol. The van der Waals surface area contributed by atoms with Crippen LogP contribution in [0.5, 0.6) is 5.75 Å². The van der Waals surface area contributed by atoms with Gasteiger partial charge in [0.05, 0.1) is 17.3 Å². The summed E-state index contributed by atoms with van der Waals surface area (Å²) in [7, 11) is -0.622. The van der Waals surface area contributed by atoms with Gasteiger partial charge in [-0.05, 0) is 34.6 Å². The highest BCUT2D eigenvalue weighted by atomic mass is 16.7. The highest BCUT2D eigenvalue weighted by Gasteiger charge is 2.52. The summed E-state index contributed by atoms with van der Waals surface area (Å²) in [6, 6.07) is 5.22. The third-order valence-electron chi connectivity index (χ3n) is 4.06. The van der Waals surface area contributed by atoms with Crippen molar-refractivity contribution in [1.82, 2.24) is 0 Å². The van der Waals surface area contributed by atoms with E-state index in [-0.39, 0.29) is 5.75 Å². The molecule has 0 aromatic heterocycles. The van der Waals surface area contributed by atoms with Gasteiger partial charge in [0.25, 0.3) is 0 Å². The lowest BCUT2D eigenvalue weighted by molar-refractivity contribution is 0.00578. The number of rotatable bonds is 2. The molecule has 4 nitrogen and oxygen atoms in total. The molecule has 0 aliphatic carbocycles. The Kier molecular flexibility index (Phi) is 3.41. The largest absolute Gasteiger partial charge is 0.508 e. The van der Waals surface area contributed by atoms with E-state index in [0.29, 0.717) is 11.0 Å². The molecule has 1 saturated heterocycles. The number of hydrogen-bond acceptors (Lipinski definition) is 4. The summed E-state index contributed by atoms with van der Waals surface area (Å²) in [6.45, 7) is 9.46. The van der Waals surface area contributed by atoms with E-state index in [2.05, 4.69) is 0 Å². The topological polar surface area (TPSA) is 58.9 Å². The van der Waals surface area contributed by atoms with E-state index < -0.39 is 24.4 Å². The first-order chi connectivity index (χ1) is 8.66. The number of phenolic OH excluding ortho intramolecular Hbond substituents is 1. The van der Waals surface area contributed by atoms with Crippen LogP contribution in [0.25, 0.3) is 0 Å². The summed E-state index contributed by atoms with van der Waals surface area (Å²) >= 11 is 0. The fourth-order valence-electron chi connectivity index (χ4n) is 2.08. The van der Waals surface area contributed by atoms with Crippen molar-refractivity contribution in [2.24, 2.45) is 0 Å². The van der Waals surface area contributed by atoms with E-state index in [9.17, 15) is 10.2 Å². The maximum atomic E-state index is 10.2.